The quantitative estimate of drug-likeness (QED) is 0.764. The van der Waals surface area contributed by atoms with Gasteiger partial charge in [-0.25, -0.2) is 0 Å². The van der Waals surface area contributed by atoms with Crippen LogP contribution in [0.5, 0.6) is 5.75 Å². The van der Waals surface area contributed by atoms with Crippen LogP contribution in [0, 0.1) is 0 Å². The average molecular weight is 258 g/mol. The van der Waals surface area contributed by atoms with E-state index in [1.807, 2.05) is 39.0 Å². The molecule has 1 heterocycles. The van der Waals surface area contributed by atoms with Crippen molar-refractivity contribution in [2.45, 2.75) is 33.3 Å². The number of rotatable bonds is 5. The monoisotopic (exact) mass is 258 g/mol. The third kappa shape index (κ3) is 3.05. The third-order valence-electron chi connectivity index (χ3n) is 2.73. The molecule has 100 valence electrons. The fourth-order valence-corrected chi connectivity index (χ4v) is 1.83. The van der Waals surface area contributed by atoms with Crippen LogP contribution in [0.2, 0.25) is 0 Å². The van der Waals surface area contributed by atoms with Gasteiger partial charge in [-0.1, -0.05) is 19.1 Å². The molecule has 2 rings (SSSR count). The van der Waals surface area contributed by atoms with Gasteiger partial charge in [0.15, 0.2) is 5.76 Å². The van der Waals surface area contributed by atoms with Crippen LogP contribution in [0.25, 0.3) is 0 Å². The summed E-state index contributed by atoms with van der Waals surface area (Å²) in [5.41, 5.74) is 0.535. The van der Waals surface area contributed by atoms with Crippen molar-refractivity contribution in [3.05, 3.63) is 53.5 Å². The molecule has 0 N–H and O–H groups in total. The highest BCUT2D eigenvalue weighted by Crippen LogP contribution is 2.23. The van der Waals surface area contributed by atoms with Crippen LogP contribution in [0.3, 0.4) is 0 Å². The average Bonchev–Trinajstić information content (AvgIpc) is 2.86. The number of carbonyl (C=O) groups excluding carboxylic acids is 1. The predicted octanol–water partition coefficient (Wildman–Crippen LogP) is 3.86. The minimum Gasteiger partial charge on any atom is -0.490 e. The standard InChI is InChI=1S/C16H18O3/c1-4-12-9-10-15(19-12)16(17)13-7-5-6-8-14(13)18-11(2)3/h5-11H,4H2,1-3H3. The Kier molecular flexibility index (Phi) is 4.05. The van der Waals surface area contributed by atoms with Gasteiger partial charge >= 0.3 is 0 Å². The first kappa shape index (κ1) is 13.4. The molecule has 0 radical (unpaired) electrons. The number of hydrogen-bond donors (Lipinski definition) is 0. The lowest BCUT2D eigenvalue weighted by molar-refractivity contribution is 0.100. The van der Waals surface area contributed by atoms with E-state index in [4.69, 9.17) is 9.15 Å². The van der Waals surface area contributed by atoms with Crippen LogP contribution in [0.1, 0.15) is 42.6 Å². The van der Waals surface area contributed by atoms with Gasteiger partial charge in [-0.05, 0) is 38.1 Å². The summed E-state index contributed by atoms with van der Waals surface area (Å²) in [6, 6.07) is 10.8. The summed E-state index contributed by atoms with van der Waals surface area (Å²) in [4.78, 5) is 12.4. The third-order valence-corrected chi connectivity index (χ3v) is 2.73. The van der Waals surface area contributed by atoms with Gasteiger partial charge in [0.25, 0.3) is 0 Å². The summed E-state index contributed by atoms with van der Waals surface area (Å²) in [5, 5.41) is 0. The van der Waals surface area contributed by atoms with Crippen molar-refractivity contribution in [2.75, 3.05) is 0 Å². The van der Waals surface area contributed by atoms with Crippen LogP contribution < -0.4 is 4.74 Å². The highest BCUT2D eigenvalue weighted by Gasteiger charge is 2.18. The Bertz CT molecular complexity index is 567. The van der Waals surface area contributed by atoms with E-state index >= 15 is 0 Å². The van der Waals surface area contributed by atoms with Crippen molar-refractivity contribution in [2.24, 2.45) is 0 Å². The van der Waals surface area contributed by atoms with Crippen molar-refractivity contribution < 1.29 is 13.9 Å². The number of hydrogen-bond acceptors (Lipinski definition) is 3. The second-order valence-corrected chi connectivity index (χ2v) is 4.61. The normalized spacial score (nSPS) is 10.7. The van der Waals surface area contributed by atoms with Gasteiger partial charge in [0.05, 0.1) is 11.7 Å². The van der Waals surface area contributed by atoms with E-state index in [2.05, 4.69) is 0 Å². The number of carbonyl (C=O) groups is 1. The molecule has 19 heavy (non-hydrogen) atoms. The van der Waals surface area contributed by atoms with Crippen LogP contribution in [-0.2, 0) is 6.42 Å². The molecule has 0 saturated carbocycles. The Balaban J connectivity index is 2.32. The van der Waals surface area contributed by atoms with Crippen molar-refractivity contribution >= 4 is 5.78 Å². The zero-order chi connectivity index (χ0) is 13.8. The van der Waals surface area contributed by atoms with Gasteiger partial charge in [0.1, 0.15) is 11.5 Å². The first-order valence-corrected chi connectivity index (χ1v) is 6.51. The molecule has 3 heteroatoms. The Labute approximate surface area is 113 Å². The maximum atomic E-state index is 12.4. The summed E-state index contributed by atoms with van der Waals surface area (Å²) in [7, 11) is 0. The molecule has 0 unspecified atom stereocenters. The van der Waals surface area contributed by atoms with Crippen molar-refractivity contribution in [1.82, 2.24) is 0 Å². The topological polar surface area (TPSA) is 39.4 Å². The fraction of sp³-hybridized carbons (Fsp3) is 0.312. The Hall–Kier alpha value is -2.03. The van der Waals surface area contributed by atoms with Crippen molar-refractivity contribution in [3.63, 3.8) is 0 Å². The minimum atomic E-state index is -0.143. The maximum Gasteiger partial charge on any atom is 0.231 e. The first-order valence-electron chi connectivity index (χ1n) is 6.51. The van der Waals surface area contributed by atoms with Gasteiger partial charge in [0.2, 0.25) is 5.78 Å². The SMILES string of the molecule is CCc1ccc(C(=O)c2ccccc2OC(C)C)o1. The van der Waals surface area contributed by atoms with E-state index in [-0.39, 0.29) is 11.9 Å². The molecule has 1 aromatic carbocycles. The van der Waals surface area contributed by atoms with E-state index in [0.717, 1.165) is 12.2 Å². The van der Waals surface area contributed by atoms with Gasteiger partial charge in [-0.15, -0.1) is 0 Å². The molecule has 0 spiro atoms. The van der Waals surface area contributed by atoms with Crippen molar-refractivity contribution in [3.8, 4) is 5.75 Å². The molecule has 0 bridgehead atoms. The Morgan fingerprint density at radius 1 is 1.21 bits per heavy atom. The summed E-state index contributed by atoms with van der Waals surface area (Å²) < 4.78 is 11.2. The fourth-order valence-electron chi connectivity index (χ4n) is 1.83. The first-order chi connectivity index (χ1) is 9.11. The maximum absolute atomic E-state index is 12.4. The molecule has 0 fully saturated rings. The Morgan fingerprint density at radius 2 is 1.95 bits per heavy atom. The Morgan fingerprint density at radius 3 is 2.58 bits per heavy atom. The number of ketones is 1. The predicted molar refractivity (Wildman–Crippen MR) is 73.7 cm³/mol. The van der Waals surface area contributed by atoms with Gasteiger partial charge in [0, 0.05) is 6.42 Å². The van der Waals surface area contributed by atoms with E-state index in [1.165, 1.54) is 0 Å². The summed E-state index contributed by atoms with van der Waals surface area (Å²) >= 11 is 0. The van der Waals surface area contributed by atoms with Crippen LogP contribution in [-0.4, -0.2) is 11.9 Å². The van der Waals surface area contributed by atoms with E-state index in [0.29, 0.717) is 17.1 Å². The second kappa shape index (κ2) is 5.74. The lowest BCUT2D eigenvalue weighted by Crippen LogP contribution is -2.10. The molecule has 2 aromatic rings. The molecule has 0 aliphatic heterocycles. The summed E-state index contributed by atoms with van der Waals surface area (Å²) in [5.74, 6) is 1.62. The zero-order valence-corrected chi connectivity index (χ0v) is 11.5. The lowest BCUT2D eigenvalue weighted by Gasteiger charge is -2.12. The number of benzene rings is 1. The molecule has 1 aromatic heterocycles. The summed E-state index contributed by atoms with van der Waals surface area (Å²) in [6.07, 6.45) is 0.800. The smallest absolute Gasteiger partial charge is 0.231 e. The highest BCUT2D eigenvalue weighted by molar-refractivity contribution is 6.09. The summed E-state index contributed by atoms with van der Waals surface area (Å²) in [6.45, 7) is 5.86. The number of para-hydroxylation sites is 1. The van der Waals surface area contributed by atoms with Crippen LogP contribution >= 0.6 is 0 Å². The minimum absolute atomic E-state index is 0.0248. The molecular weight excluding hydrogens is 240 g/mol. The molecule has 3 nitrogen and oxygen atoms in total. The molecule has 0 saturated heterocycles. The van der Waals surface area contributed by atoms with Crippen molar-refractivity contribution in [1.29, 1.82) is 0 Å². The molecule has 0 amide bonds. The van der Waals surface area contributed by atoms with Gasteiger partial charge < -0.3 is 9.15 Å². The molecular formula is C16H18O3. The number of aryl methyl sites for hydroxylation is 1. The van der Waals surface area contributed by atoms with Crippen LogP contribution in [0.15, 0.2) is 40.8 Å². The largest absolute Gasteiger partial charge is 0.490 e. The molecule has 0 aliphatic rings. The number of furan rings is 1. The highest BCUT2D eigenvalue weighted by atomic mass is 16.5. The number of ether oxygens (including phenoxy) is 1. The second-order valence-electron chi connectivity index (χ2n) is 4.61. The van der Waals surface area contributed by atoms with E-state index in [9.17, 15) is 4.79 Å². The zero-order valence-electron chi connectivity index (χ0n) is 11.5. The van der Waals surface area contributed by atoms with Gasteiger partial charge in [-0.3, -0.25) is 4.79 Å². The van der Waals surface area contributed by atoms with E-state index < -0.39 is 0 Å². The lowest BCUT2D eigenvalue weighted by atomic mass is 10.1. The molecule has 0 aliphatic carbocycles. The van der Waals surface area contributed by atoms with Gasteiger partial charge in [-0.2, -0.15) is 0 Å². The van der Waals surface area contributed by atoms with Crippen LogP contribution in [0.4, 0.5) is 0 Å². The van der Waals surface area contributed by atoms with E-state index in [1.54, 1.807) is 18.2 Å². The molecule has 0 atom stereocenters.